The van der Waals surface area contributed by atoms with Crippen LogP contribution in [0.5, 0.6) is 0 Å². The van der Waals surface area contributed by atoms with Crippen LogP contribution in [0.2, 0.25) is 5.02 Å². The van der Waals surface area contributed by atoms with Crippen molar-refractivity contribution in [1.82, 2.24) is 5.43 Å². The third-order valence-corrected chi connectivity index (χ3v) is 5.54. The topological polar surface area (TPSA) is 70.6 Å². The van der Waals surface area contributed by atoms with E-state index in [9.17, 15) is 22.8 Å². The highest BCUT2D eigenvalue weighted by molar-refractivity contribution is 7.21. The van der Waals surface area contributed by atoms with Crippen LogP contribution in [0.3, 0.4) is 0 Å². The molecular weight excluding hydrogens is 427 g/mol. The van der Waals surface area contributed by atoms with E-state index in [2.05, 4.69) is 10.5 Å². The first-order valence-corrected chi connectivity index (χ1v) is 9.36. The van der Waals surface area contributed by atoms with Crippen molar-refractivity contribution in [3.05, 3.63) is 64.0 Å². The average Bonchev–Trinajstić information content (AvgIpc) is 3.02. The van der Waals surface area contributed by atoms with Crippen LogP contribution in [-0.4, -0.2) is 23.7 Å². The highest BCUT2D eigenvalue weighted by Gasteiger charge is 2.38. The van der Waals surface area contributed by atoms with Gasteiger partial charge >= 0.3 is 12.1 Å². The highest BCUT2D eigenvalue weighted by Crippen LogP contribution is 2.35. The molecule has 5 nitrogen and oxygen atoms in total. The SMILES string of the molecule is C/C(=N/NC(=O)c1sc2ccccc2c1Cl)c1cccc(NC(=O)C(F)(F)F)c1. The molecule has 0 aliphatic rings. The van der Waals surface area contributed by atoms with Gasteiger partial charge in [0.2, 0.25) is 0 Å². The number of amides is 2. The Balaban J connectivity index is 1.75. The number of rotatable bonds is 4. The van der Waals surface area contributed by atoms with E-state index in [-0.39, 0.29) is 5.69 Å². The maximum Gasteiger partial charge on any atom is 0.471 e. The number of hydrogen-bond acceptors (Lipinski definition) is 4. The van der Waals surface area contributed by atoms with Crippen LogP contribution in [0.4, 0.5) is 18.9 Å². The second-order valence-corrected chi connectivity index (χ2v) is 7.34. The molecule has 2 N–H and O–H groups in total. The van der Waals surface area contributed by atoms with Gasteiger partial charge in [0.25, 0.3) is 5.91 Å². The molecule has 2 amide bonds. The normalized spacial score (nSPS) is 12.1. The first-order valence-electron chi connectivity index (χ1n) is 8.17. The van der Waals surface area contributed by atoms with Gasteiger partial charge in [0.15, 0.2) is 0 Å². The lowest BCUT2D eigenvalue weighted by Crippen LogP contribution is -2.29. The van der Waals surface area contributed by atoms with E-state index < -0.39 is 18.0 Å². The van der Waals surface area contributed by atoms with E-state index in [1.165, 1.54) is 29.5 Å². The number of hydrogen-bond donors (Lipinski definition) is 2. The quantitative estimate of drug-likeness (QED) is 0.432. The van der Waals surface area contributed by atoms with Gasteiger partial charge in [-0.05, 0) is 30.7 Å². The van der Waals surface area contributed by atoms with Crippen LogP contribution in [0, 0.1) is 0 Å². The van der Waals surface area contributed by atoms with Gasteiger partial charge in [-0.3, -0.25) is 9.59 Å². The second-order valence-electron chi connectivity index (χ2n) is 5.91. The lowest BCUT2D eigenvalue weighted by molar-refractivity contribution is -0.167. The Kier molecular flexibility index (Phi) is 5.90. The summed E-state index contributed by atoms with van der Waals surface area (Å²) in [4.78, 5) is 23.8. The zero-order chi connectivity index (χ0) is 21.2. The summed E-state index contributed by atoms with van der Waals surface area (Å²) in [5.74, 6) is -2.57. The molecule has 0 unspecified atom stereocenters. The van der Waals surface area contributed by atoms with Crippen LogP contribution in [0.1, 0.15) is 22.2 Å². The van der Waals surface area contributed by atoms with Crippen molar-refractivity contribution in [2.75, 3.05) is 5.32 Å². The van der Waals surface area contributed by atoms with Gasteiger partial charge in [-0.2, -0.15) is 18.3 Å². The summed E-state index contributed by atoms with van der Waals surface area (Å²) >= 11 is 7.48. The van der Waals surface area contributed by atoms with Crippen molar-refractivity contribution in [2.24, 2.45) is 5.10 Å². The zero-order valence-corrected chi connectivity index (χ0v) is 16.4. The minimum atomic E-state index is -4.99. The summed E-state index contributed by atoms with van der Waals surface area (Å²) in [6.07, 6.45) is -4.99. The van der Waals surface area contributed by atoms with Crippen molar-refractivity contribution >= 4 is 56.2 Å². The lowest BCUT2D eigenvalue weighted by atomic mass is 10.1. The van der Waals surface area contributed by atoms with Gasteiger partial charge < -0.3 is 5.32 Å². The Labute approximate surface area is 172 Å². The van der Waals surface area contributed by atoms with Crippen LogP contribution < -0.4 is 10.7 Å². The van der Waals surface area contributed by atoms with Gasteiger partial charge in [-0.1, -0.05) is 41.9 Å². The molecule has 0 spiro atoms. The number of thiophene rings is 1. The molecule has 0 saturated heterocycles. The second kappa shape index (κ2) is 8.22. The first-order chi connectivity index (χ1) is 13.7. The Morgan fingerprint density at radius 2 is 1.83 bits per heavy atom. The van der Waals surface area contributed by atoms with E-state index in [1.807, 2.05) is 18.2 Å². The number of carbonyl (C=O) groups excluding carboxylic acids is 2. The summed E-state index contributed by atoms with van der Waals surface area (Å²) in [7, 11) is 0. The maximum atomic E-state index is 12.4. The molecule has 1 heterocycles. The third-order valence-electron chi connectivity index (χ3n) is 3.86. The Bertz CT molecular complexity index is 1130. The number of nitrogens with zero attached hydrogens (tertiary/aromatic N) is 1. The van der Waals surface area contributed by atoms with E-state index in [1.54, 1.807) is 24.4 Å². The largest absolute Gasteiger partial charge is 0.471 e. The molecule has 1 aromatic heterocycles. The van der Waals surface area contributed by atoms with Crippen LogP contribution in [0.15, 0.2) is 53.6 Å². The van der Waals surface area contributed by atoms with E-state index in [0.717, 1.165) is 10.1 Å². The molecule has 0 atom stereocenters. The first kappa shape index (κ1) is 20.8. The zero-order valence-electron chi connectivity index (χ0n) is 14.8. The summed E-state index contributed by atoms with van der Waals surface area (Å²) < 4.78 is 38.0. The van der Waals surface area contributed by atoms with E-state index in [4.69, 9.17) is 11.6 Å². The van der Waals surface area contributed by atoms with Gasteiger partial charge in [-0.25, -0.2) is 5.43 Å². The lowest BCUT2D eigenvalue weighted by Gasteiger charge is -2.09. The molecule has 0 bridgehead atoms. The molecule has 0 aliphatic heterocycles. The number of hydrazone groups is 1. The summed E-state index contributed by atoms with van der Waals surface area (Å²) in [6.45, 7) is 1.57. The monoisotopic (exact) mass is 439 g/mol. The number of alkyl halides is 3. The van der Waals surface area contributed by atoms with E-state index in [0.29, 0.717) is 21.2 Å². The number of nitrogens with one attached hydrogen (secondary N) is 2. The minimum Gasteiger partial charge on any atom is -0.318 e. The molecule has 0 aliphatic carbocycles. The van der Waals surface area contributed by atoms with E-state index >= 15 is 0 Å². The maximum absolute atomic E-state index is 12.4. The fourth-order valence-corrected chi connectivity index (χ4v) is 3.84. The molecule has 29 heavy (non-hydrogen) atoms. The number of anilines is 1. The third kappa shape index (κ3) is 4.75. The smallest absolute Gasteiger partial charge is 0.318 e. The molecule has 3 aromatic rings. The van der Waals surface area contributed by atoms with Gasteiger partial charge in [0.1, 0.15) is 4.88 Å². The van der Waals surface area contributed by atoms with Crippen LogP contribution in [-0.2, 0) is 4.79 Å². The van der Waals surface area contributed by atoms with Crippen molar-refractivity contribution in [2.45, 2.75) is 13.1 Å². The molecule has 0 fully saturated rings. The summed E-state index contributed by atoms with van der Waals surface area (Å²) in [6, 6.07) is 13.0. The highest BCUT2D eigenvalue weighted by atomic mass is 35.5. The number of benzene rings is 2. The number of carbonyl (C=O) groups is 2. The molecule has 10 heteroatoms. The van der Waals surface area contributed by atoms with Crippen molar-refractivity contribution in [3.63, 3.8) is 0 Å². The minimum absolute atomic E-state index is 0.0433. The van der Waals surface area contributed by atoms with Crippen molar-refractivity contribution in [1.29, 1.82) is 0 Å². The Hall–Kier alpha value is -2.91. The summed E-state index contributed by atoms with van der Waals surface area (Å²) in [5, 5.41) is 6.84. The molecule has 0 saturated carbocycles. The standard InChI is InChI=1S/C19H13ClF3N3O2S/c1-10(11-5-4-6-12(9-11)24-18(28)19(21,22)23)25-26-17(27)16-15(20)13-7-2-3-8-14(13)29-16/h2-9H,1H3,(H,24,28)(H,26,27)/b25-10-. The fourth-order valence-electron chi connectivity index (χ4n) is 2.43. The number of fused-ring (bicyclic) bond motifs is 1. The molecule has 150 valence electrons. The molecule has 3 rings (SSSR count). The van der Waals surface area contributed by atoms with Gasteiger partial charge in [0.05, 0.1) is 10.7 Å². The van der Waals surface area contributed by atoms with Crippen LogP contribution >= 0.6 is 22.9 Å². The molecule has 0 radical (unpaired) electrons. The van der Waals surface area contributed by atoms with Crippen molar-refractivity contribution < 1.29 is 22.8 Å². The van der Waals surface area contributed by atoms with Crippen molar-refractivity contribution in [3.8, 4) is 0 Å². The Morgan fingerprint density at radius 3 is 2.52 bits per heavy atom. The predicted molar refractivity (Wildman–Crippen MR) is 108 cm³/mol. The van der Waals surface area contributed by atoms with Gasteiger partial charge in [-0.15, -0.1) is 11.3 Å². The number of halogens is 4. The predicted octanol–water partition coefficient (Wildman–Crippen LogP) is 5.21. The Morgan fingerprint density at radius 1 is 1.10 bits per heavy atom. The van der Waals surface area contributed by atoms with Gasteiger partial charge in [0, 0.05) is 15.8 Å². The average molecular weight is 440 g/mol. The molecule has 2 aromatic carbocycles. The summed E-state index contributed by atoms with van der Waals surface area (Å²) in [5.41, 5.74) is 3.10. The fraction of sp³-hybridized carbons (Fsp3) is 0.105. The van der Waals surface area contributed by atoms with Crippen LogP contribution in [0.25, 0.3) is 10.1 Å². The molecular formula is C19H13ClF3N3O2S.